The fourth-order valence-corrected chi connectivity index (χ4v) is 1.36. The maximum absolute atomic E-state index is 10.8. The first kappa shape index (κ1) is 8.32. The number of fused-ring (bicyclic) bond motifs is 1. The lowest BCUT2D eigenvalue weighted by molar-refractivity contribution is 0.197. The van der Waals surface area contributed by atoms with Gasteiger partial charge in [-0.05, 0) is 18.2 Å². The molecule has 0 radical (unpaired) electrons. The summed E-state index contributed by atoms with van der Waals surface area (Å²) in [6.07, 6.45) is 0.420. The van der Waals surface area contributed by atoms with Gasteiger partial charge in [0.2, 0.25) is 0 Å². The molecule has 0 unspecified atom stereocenters. The van der Waals surface area contributed by atoms with Crippen molar-refractivity contribution in [1.82, 2.24) is 4.57 Å². The predicted molar refractivity (Wildman–Crippen MR) is 50.1 cm³/mol. The quantitative estimate of drug-likeness (QED) is 0.684. The number of carboxylic acid groups (broad SMARTS) is 1. The Kier molecular flexibility index (Phi) is 1.72. The van der Waals surface area contributed by atoms with Crippen molar-refractivity contribution in [2.24, 2.45) is 0 Å². The molecule has 0 aliphatic rings. The second-order valence-electron chi connectivity index (χ2n) is 2.85. The summed E-state index contributed by atoms with van der Waals surface area (Å²) in [7, 11) is 0. The van der Waals surface area contributed by atoms with E-state index in [0.717, 1.165) is 9.95 Å². The molecule has 0 saturated carbocycles. The first-order chi connectivity index (χ1) is 6.72. The van der Waals surface area contributed by atoms with Crippen LogP contribution in [0.1, 0.15) is 5.56 Å². The maximum atomic E-state index is 10.8. The summed E-state index contributed by atoms with van der Waals surface area (Å²) in [5.41, 5.74) is 0.996. The standard InChI is InChI=1S/C10H6N2O2/c11-6-7-1-2-8-3-4-12(10(13)14)9(8)5-7/h1-5H,(H,13,14). The lowest BCUT2D eigenvalue weighted by atomic mass is 10.2. The van der Waals surface area contributed by atoms with Crippen LogP contribution in [0.25, 0.3) is 10.9 Å². The van der Waals surface area contributed by atoms with Crippen molar-refractivity contribution in [2.45, 2.75) is 0 Å². The highest BCUT2D eigenvalue weighted by molar-refractivity contribution is 5.89. The largest absolute Gasteiger partial charge is 0.464 e. The molecule has 4 nitrogen and oxygen atoms in total. The number of nitriles is 1. The molecule has 1 aromatic carbocycles. The Morgan fingerprint density at radius 3 is 2.86 bits per heavy atom. The summed E-state index contributed by atoms with van der Waals surface area (Å²) in [6.45, 7) is 0. The minimum absolute atomic E-state index is 0.457. The first-order valence-corrected chi connectivity index (χ1v) is 3.97. The van der Waals surface area contributed by atoms with E-state index in [1.54, 1.807) is 24.3 Å². The molecule has 4 heteroatoms. The van der Waals surface area contributed by atoms with Crippen molar-refractivity contribution in [1.29, 1.82) is 5.26 Å². The first-order valence-electron chi connectivity index (χ1n) is 3.97. The van der Waals surface area contributed by atoms with E-state index in [1.807, 2.05) is 6.07 Å². The van der Waals surface area contributed by atoms with Crippen LogP contribution in [0.2, 0.25) is 0 Å². The van der Waals surface area contributed by atoms with E-state index in [0.29, 0.717) is 11.1 Å². The number of rotatable bonds is 0. The van der Waals surface area contributed by atoms with E-state index in [4.69, 9.17) is 10.4 Å². The van der Waals surface area contributed by atoms with Crippen LogP contribution in [0.5, 0.6) is 0 Å². The Bertz CT molecular complexity index is 549. The summed E-state index contributed by atoms with van der Waals surface area (Å²) >= 11 is 0. The van der Waals surface area contributed by atoms with E-state index in [-0.39, 0.29) is 0 Å². The van der Waals surface area contributed by atoms with Gasteiger partial charge in [0.05, 0.1) is 17.1 Å². The van der Waals surface area contributed by atoms with Crippen molar-refractivity contribution in [2.75, 3.05) is 0 Å². The second kappa shape index (κ2) is 2.89. The van der Waals surface area contributed by atoms with Crippen LogP contribution in [0, 0.1) is 11.3 Å². The fourth-order valence-electron chi connectivity index (χ4n) is 1.36. The zero-order valence-electron chi connectivity index (χ0n) is 7.14. The molecule has 0 spiro atoms. The topological polar surface area (TPSA) is 66.0 Å². The van der Waals surface area contributed by atoms with Gasteiger partial charge in [-0.25, -0.2) is 4.79 Å². The Labute approximate surface area is 79.6 Å². The third-order valence-electron chi connectivity index (χ3n) is 2.03. The zero-order valence-corrected chi connectivity index (χ0v) is 7.14. The minimum atomic E-state index is -1.05. The Balaban J connectivity index is 2.77. The van der Waals surface area contributed by atoms with Gasteiger partial charge in [0.1, 0.15) is 0 Å². The lowest BCUT2D eigenvalue weighted by Crippen LogP contribution is -2.05. The van der Waals surface area contributed by atoms with Crippen molar-refractivity contribution in [3.63, 3.8) is 0 Å². The molecule has 1 aromatic heterocycles. The summed E-state index contributed by atoms with van der Waals surface area (Å²) in [6, 6.07) is 8.62. The lowest BCUT2D eigenvalue weighted by Gasteiger charge is -1.97. The maximum Gasteiger partial charge on any atom is 0.415 e. The molecule has 2 aromatic rings. The molecule has 1 N–H and O–H groups in total. The highest BCUT2D eigenvalue weighted by Gasteiger charge is 2.06. The van der Waals surface area contributed by atoms with Gasteiger partial charge in [-0.1, -0.05) is 6.07 Å². The van der Waals surface area contributed by atoms with E-state index in [1.165, 1.54) is 6.20 Å². The molecular formula is C10H6N2O2. The average molecular weight is 186 g/mol. The highest BCUT2D eigenvalue weighted by Crippen LogP contribution is 2.16. The minimum Gasteiger partial charge on any atom is -0.464 e. The molecule has 68 valence electrons. The second-order valence-corrected chi connectivity index (χ2v) is 2.85. The summed E-state index contributed by atoms with van der Waals surface area (Å²) in [5.74, 6) is 0. The summed E-state index contributed by atoms with van der Waals surface area (Å²) in [5, 5.41) is 18.3. The molecule has 0 aliphatic heterocycles. The average Bonchev–Trinajstić information content (AvgIpc) is 2.59. The third-order valence-corrected chi connectivity index (χ3v) is 2.03. The molecule has 1 heterocycles. The number of benzene rings is 1. The van der Waals surface area contributed by atoms with Gasteiger partial charge in [0.25, 0.3) is 0 Å². The van der Waals surface area contributed by atoms with Crippen LogP contribution in [0.3, 0.4) is 0 Å². The predicted octanol–water partition coefficient (Wildman–Crippen LogP) is 2.04. The van der Waals surface area contributed by atoms with Crippen molar-refractivity contribution < 1.29 is 9.90 Å². The zero-order chi connectivity index (χ0) is 10.1. The molecule has 0 saturated heterocycles. The van der Waals surface area contributed by atoms with E-state index in [2.05, 4.69) is 0 Å². The summed E-state index contributed by atoms with van der Waals surface area (Å²) in [4.78, 5) is 10.8. The van der Waals surface area contributed by atoms with Crippen molar-refractivity contribution in [3.8, 4) is 6.07 Å². The number of hydrogen-bond donors (Lipinski definition) is 1. The molecule has 0 fully saturated rings. The van der Waals surface area contributed by atoms with Crippen LogP contribution < -0.4 is 0 Å². The van der Waals surface area contributed by atoms with Crippen molar-refractivity contribution in [3.05, 3.63) is 36.0 Å². The van der Waals surface area contributed by atoms with Crippen LogP contribution in [0.15, 0.2) is 30.5 Å². The molecule has 0 atom stereocenters. The van der Waals surface area contributed by atoms with Crippen LogP contribution in [-0.4, -0.2) is 15.8 Å². The monoisotopic (exact) mass is 186 g/mol. The van der Waals surface area contributed by atoms with E-state index in [9.17, 15) is 4.79 Å². The third kappa shape index (κ3) is 1.12. The smallest absolute Gasteiger partial charge is 0.415 e. The van der Waals surface area contributed by atoms with Crippen molar-refractivity contribution >= 4 is 17.0 Å². The number of carbonyl (C=O) groups is 1. The van der Waals surface area contributed by atoms with Gasteiger partial charge < -0.3 is 5.11 Å². The van der Waals surface area contributed by atoms with E-state index >= 15 is 0 Å². The number of aromatic nitrogens is 1. The summed E-state index contributed by atoms with van der Waals surface area (Å²) < 4.78 is 1.09. The van der Waals surface area contributed by atoms with Gasteiger partial charge in [0, 0.05) is 11.6 Å². The van der Waals surface area contributed by atoms with Gasteiger partial charge in [-0.3, -0.25) is 4.57 Å². The Morgan fingerprint density at radius 2 is 2.21 bits per heavy atom. The number of hydrogen-bond acceptors (Lipinski definition) is 2. The Hall–Kier alpha value is -2.28. The fraction of sp³-hybridized carbons (Fsp3) is 0. The Morgan fingerprint density at radius 1 is 1.43 bits per heavy atom. The molecule has 0 bridgehead atoms. The van der Waals surface area contributed by atoms with Crippen LogP contribution in [-0.2, 0) is 0 Å². The van der Waals surface area contributed by atoms with Crippen LogP contribution >= 0.6 is 0 Å². The molecule has 0 aliphatic carbocycles. The van der Waals surface area contributed by atoms with Gasteiger partial charge in [-0.15, -0.1) is 0 Å². The van der Waals surface area contributed by atoms with E-state index < -0.39 is 6.09 Å². The molecule has 2 rings (SSSR count). The molecular weight excluding hydrogens is 180 g/mol. The highest BCUT2D eigenvalue weighted by atomic mass is 16.4. The SMILES string of the molecule is N#Cc1ccc2ccn(C(=O)O)c2c1. The molecule has 0 amide bonds. The van der Waals surface area contributed by atoms with Gasteiger partial charge in [0.15, 0.2) is 0 Å². The number of nitrogens with zero attached hydrogens (tertiary/aromatic N) is 2. The van der Waals surface area contributed by atoms with Gasteiger partial charge in [-0.2, -0.15) is 5.26 Å². The molecule has 14 heavy (non-hydrogen) atoms. The van der Waals surface area contributed by atoms with Crippen LogP contribution in [0.4, 0.5) is 4.79 Å². The normalized spacial score (nSPS) is 9.93. The van der Waals surface area contributed by atoms with Gasteiger partial charge >= 0.3 is 6.09 Å².